The van der Waals surface area contributed by atoms with Gasteiger partial charge in [-0.3, -0.25) is 9.59 Å². The molecule has 0 fully saturated rings. The number of carbonyl (C=O) groups excluding carboxylic acids is 2. The Bertz CT molecular complexity index is 159. The second kappa shape index (κ2) is 12.9. The molecule has 0 aromatic heterocycles. The van der Waals surface area contributed by atoms with Gasteiger partial charge in [0.15, 0.2) is 0 Å². The van der Waals surface area contributed by atoms with E-state index in [9.17, 15) is 9.59 Å². The van der Waals surface area contributed by atoms with Crippen molar-refractivity contribution < 1.29 is 9.59 Å². The van der Waals surface area contributed by atoms with Crippen LogP contribution in [0.1, 0.15) is 20.8 Å². The molecule has 2 radical (unpaired) electrons. The Morgan fingerprint density at radius 2 is 1.60 bits per heavy atom. The maximum atomic E-state index is 10.4. The Hall–Kier alpha value is -1.10. The van der Waals surface area contributed by atoms with Crippen molar-refractivity contribution in [1.29, 1.82) is 0 Å². The van der Waals surface area contributed by atoms with E-state index in [2.05, 4.69) is 6.92 Å². The Kier molecular flexibility index (Phi) is 16.7. The molecule has 0 saturated carbocycles. The first-order chi connectivity index (χ1) is 6.53. The van der Waals surface area contributed by atoms with Crippen LogP contribution in [0.4, 0.5) is 0 Å². The molecule has 0 aromatic carbocycles. The largest absolute Gasteiger partial charge is 0.344 e. The summed E-state index contributed by atoms with van der Waals surface area (Å²) in [6.45, 7) is 11.3. The molecule has 90 valence electrons. The van der Waals surface area contributed by atoms with Crippen molar-refractivity contribution >= 4 is 12.3 Å². The molecule has 15 heavy (non-hydrogen) atoms. The first-order valence-corrected chi connectivity index (χ1v) is 4.73. The molecule has 3 N–H and O–H groups in total. The van der Waals surface area contributed by atoms with E-state index in [4.69, 9.17) is 0 Å². The highest BCUT2D eigenvalue weighted by Crippen LogP contribution is 1.84. The van der Waals surface area contributed by atoms with Gasteiger partial charge in [-0.15, -0.1) is 0 Å². The van der Waals surface area contributed by atoms with Gasteiger partial charge in [-0.1, -0.05) is 0 Å². The van der Waals surface area contributed by atoms with Gasteiger partial charge >= 0.3 is 6.41 Å². The lowest BCUT2D eigenvalue weighted by molar-refractivity contribution is -0.125. The third-order valence-corrected chi connectivity index (χ3v) is 1.75. The van der Waals surface area contributed by atoms with Crippen LogP contribution in [-0.4, -0.2) is 48.8 Å². The highest BCUT2D eigenvalue weighted by molar-refractivity contribution is 5.80. The first-order valence-electron chi connectivity index (χ1n) is 4.73. The zero-order valence-electron chi connectivity index (χ0n) is 10.2. The van der Waals surface area contributed by atoms with Crippen LogP contribution in [0.3, 0.4) is 0 Å². The van der Waals surface area contributed by atoms with Gasteiger partial charge in [0.2, 0.25) is 5.91 Å². The van der Waals surface area contributed by atoms with Gasteiger partial charge in [0.1, 0.15) is 0 Å². The molecule has 0 atom stereocenters. The third-order valence-electron chi connectivity index (χ3n) is 1.75. The summed E-state index contributed by atoms with van der Waals surface area (Å²) in [5, 5.41) is 0. The molecule has 0 unspecified atom stereocenters. The number of nitrogens with zero attached hydrogens (tertiary/aromatic N) is 2. The molecule has 5 heteroatoms. The van der Waals surface area contributed by atoms with Gasteiger partial charge in [0.05, 0.1) is 0 Å². The smallest absolute Gasteiger partial charge is 0.311 e. The molecule has 0 aliphatic carbocycles. The lowest BCUT2D eigenvalue weighted by Gasteiger charge is -2.14. The fraction of sp³-hybridized carbons (Fsp3) is 0.700. The molecule has 0 spiro atoms. The van der Waals surface area contributed by atoms with Gasteiger partial charge in [-0.05, 0) is 20.8 Å². The van der Waals surface area contributed by atoms with Crippen LogP contribution >= 0.6 is 0 Å². The number of hydrogen-bond acceptors (Lipinski definition) is 3. The second-order valence-corrected chi connectivity index (χ2v) is 2.67. The van der Waals surface area contributed by atoms with Crippen LogP contribution in [0, 0.1) is 6.92 Å². The molecular weight excluding hydrogens is 194 g/mol. The summed E-state index contributed by atoms with van der Waals surface area (Å²) in [5.74, 6) is -0.0880. The van der Waals surface area contributed by atoms with E-state index in [1.54, 1.807) is 18.4 Å². The summed E-state index contributed by atoms with van der Waals surface area (Å²) < 4.78 is 0. The molecule has 0 heterocycles. The van der Waals surface area contributed by atoms with Gasteiger partial charge in [0.25, 0.3) is 0 Å². The van der Waals surface area contributed by atoms with Crippen LogP contribution in [-0.2, 0) is 9.59 Å². The van der Waals surface area contributed by atoms with Gasteiger partial charge in [-0.2, -0.15) is 0 Å². The van der Waals surface area contributed by atoms with Crippen molar-refractivity contribution in [2.75, 3.05) is 26.7 Å². The maximum Gasteiger partial charge on any atom is 0.311 e. The quantitative estimate of drug-likeness (QED) is 0.709. The monoisotopic (exact) mass is 217 g/mol. The van der Waals surface area contributed by atoms with E-state index >= 15 is 0 Å². The molecular formula is C10H23N3O2. The van der Waals surface area contributed by atoms with Crippen LogP contribution in [0.15, 0.2) is 0 Å². The zero-order chi connectivity index (χ0) is 11.6. The first kappa shape index (κ1) is 19.5. The molecule has 0 aliphatic rings. The Morgan fingerprint density at radius 1 is 1.20 bits per heavy atom. The van der Waals surface area contributed by atoms with E-state index in [1.165, 1.54) is 4.90 Å². The maximum absolute atomic E-state index is 10.4. The van der Waals surface area contributed by atoms with E-state index in [0.717, 1.165) is 19.6 Å². The van der Waals surface area contributed by atoms with Gasteiger partial charge in [0, 0.05) is 33.6 Å². The van der Waals surface area contributed by atoms with Crippen molar-refractivity contribution in [3.63, 3.8) is 0 Å². The second-order valence-electron chi connectivity index (χ2n) is 2.67. The Balaban J connectivity index is -0.000000187. The number of carbonyl (C=O) groups is 1. The molecule has 0 aliphatic heterocycles. The van der Waals surface area contributed by atoms with Crippen molar-refractivity contribution in [3.8, 4) is 0 Å². The predicted octanol–water partition coefficient (Wildman–Crippen LogP) is 0.856. The predicted molar refractivity (Wildman–Crippen MR) is 62.3 cm³/mol. The van der Waals surface area contributed by atoms with Crippen LogP contribution in [0.5, 0.6) is 0 Å². The summed E-state index contributed by atoms with van der Waals surface area (Å²) in [4.78, 5) is 23.1. The van der Waals surface area contributed by atoms with Crippen molar-refractivity contribution in [2.24, 2.45) is 0 Å². The van der Waals surface area contributed by atoms with E-state index < -0.39 is 0 Å². The minimum absolute atomic E-state index is 0. The molecule has 0 saturated heterocycles. The van der Waals surface area contributed by atoms with Crippen LogP contribution in [0.25, 0.3) is 0 Å². The van der Waals surface area contributed by atoms with E-state index in [0.29, 0.717) is 0 Å². The average molecular weight is 217 g/mol. The Labute approximate surface area is 93.0 Å². The highest BCUT2D eigenvalue weighted by atomic mass is 16.2. The molecule has 0 rings (SSSR count). The molecule has 5 nitrogen and oxygen atoms in total. The fourth-order valence-corrected chi connectivity index (χ4v) is 0.641. The summed E-state index contributed by atoms with van der Waals surface area (Å²) in [7, 11) is 1.69. The third kappa shape index (κ3) is 12.9. The minimum atomic E-state index is -0.0880. The SMILES string of the molecule is CCN(C)[C]=O.N.[CH2]C(=O)N(CC)CC. The molecule has 2 amide bonds. The topological polar surface area (TPSA) is 75.6 Å². The van der Waals surface area contributed by atoms with Crippen LogP contribution < -0.4 is 6.15 Å². The van der Waals surface area contributed by atoms with E-state index in [-0.39, 0.29) is 12.1 Å². The lowest BCUT2D eigenvalue weighted by atomic mass is 10.5. The van der Waals surface area contributed by atoms with Crippen LogP contribution in [0.2, 0.25) is 0 Å². The van der Waals surface area contributed by atoms with Crippen molar-refractivity contribution in [2.45, 2.75) is 20.8 Å². The lowest BCUT2D eigenvalue weighted by Crippen LogP contribution is -2.27. The number of rotatable bonds is 4. The summed E-state index contributed by atoms with van der Waals surface area (Å²) in [6, 6.07) is 0. The van der Waals surface area contributed by atoms with Crippen molar-refractivity contribution in [3.05, 3.63) is 6.92 Å². The minimum Gasteiger partial charge on any atom is -0.344 e. The fourth-order valence-electron chi connectivity index (χ4n) is 0.641. The van der Waals surface area contributed by atoms with Gasteiger partial charge < -0.3 is 16.0 Å². The Morgan fingerprint density at radius 3 is 1.60 bits per heavy atom. The van der Waals surface area contributed by atoms with Gasteiger partial charge in [-0.25, -0.2) is 0 Å². The highest BCUT2D eigenvalue weighted by Gasteiger charge is 1.99. The molecule has 0 aromatic rings. The summed E-state index contributed by atoms with van der Waals surface area (Å²) >= 11 is 0. The normalized spacial score (nSPS) is 7.80. The summed E-state index contributed by atoms with van der Waals surface area (Å²) in [5.41, 5.74) is 0. The summed E-state index contributed by atoms with van der Waals surface area (Å²) in [6.07, 6.45) is 1.70. The van der Waals surface area contributed by atoms with E-state index in [1.807, 2.05) is 20.8 Å². The standard InChI is InChI=1S/C6H12NO.C4H8NO.H3N/c1-4-7(5-2)6(3)8;1-3-5(2)4-6;/h3-5H2,1-2H3;3H2,1-2H3;1H3. The number of amides is 2. The average Bonchev–Trinajstić information content (AvgIpc) is 2.19. The zero-order valence-corrected chi connectivity index (χ0v) is 10.2. The van der Waals surface area contributed by atoms with Crippen molar-refractivity contribution in [1.82, 2.24) is 16.0 Å². The molecule has 0 bridgehead atoms. The number of hydrogen-bond donors (Lipinski definition) is 1.